The molecule has 0 spiro atoms. The van der Waals surface area contributed by atoms with Crippen LogP contribution in [0.3, 0.4) is 0 Å². The third-order valence-electron chi connectivity index (χ3n) is 4.90. The zero-order valence-corrected chi connectivity index (χ0v) is 16.7. The van der Waals surface area contributed by atoms with Gasteiger partial charge in [-0.1, -0.05) is 6.07 Å². The van der Waals surface area contributed by atoms with Crippen LogP contribution in [0.25, 0.3) is 0 Å². The molecule has 2 heterocycles. The Bertz CT molecular complexity index is 850. The van der Waals surface area contributed by atoms with Gasteiger partial charge in [-0.3, -0.25) is 9.69 Å². The number of fused-ring (bicyclic) bond motifs is 1. The molecule has 2 aliphatic heterocycles. The number of amides is 1. The molecule has 0 bridgehead atoms. The maximum Gasteiger partial charge on any atom is 0.253 e. The van der Waals surface area contributed by atoms with Gasteiger partial charge in [-0.25, -0.2) is 0 Å². The lowest BCUT2D eigenvalue weighted by Crippen LogP contribution is -2.48. The molecule has 0 radical (unpaired) electrons. The molecular weight excluding hydrogens is 412 g/mol. The van der Waals surface area contributed by atoms with Gasteiger partial charge >= 0.3 is 0 Å². The maximum atomic E-state index is 12.8. The molecule has 0 aliphatic carbocycles. The number of carbonyl (C=O) groups is 1. The van der Waals surface area contributed by atoms with Gasteiger partial charge in [0.05, 0.1) is 11.6 Å². The molecule has 4 rings (SSSR count). The number of hydrogen-bond acceptors (Lipinski definition) is 5. The normalized spacial score (nSPS) is 16.4. The van der Waals surface area contributed by atoms with Gasteiger partial charge < -0.3 is 19.1 Å². The van der Waals surface area contributed by atoms with E-state index in [0.29, 0.717) is 25.4 Å². The number of rotatable bonds is 4. The van der Waals surface area contributed by atoms with Gasteiger partial charge in [0.25, 0.3) is 5.91 Å². The molecule has 2 aliphatic rings. The maximum absolute atomic E-state index is 12.8. The minimum atomic E-state index is 0.0566. The molecule has 6 nitrogen and oxygen atoms in total. The fraction of sp³-hybridized carbons (Fsp3) is 0.350. The molecular formula is C20H21BrN2O4. The van der Waals surface area contributed by atoms with E-state index < -0.39 is 0 Å². The van der Waals surface area contributed by atoms with Crippen molar-refractivity contribution < 1.29 is 19.0 Å². The minimum Gasteiger partial charge on any atom is -0.496 e. The lowest BCUT2D eigenvalue weighted by molar-refractivity contribution is 0.0628. The van der Waals surface area contributed by atoms with Crippen molar-refractivity contribution in [1.29, 1.82) is 0 Å². The molecule has 0 atom stereocenters. The monoisotopic (exact) mass is 432 g/mol. The number of benzene rings is 2. The summed E-state index contributed by atoms with van der Waals surface area (Å²) >= 11 is 3.44. The number of carbonyl (C=O) groups excluding carboxylic acids is 1. The first kappa shape index (κ1) is 18.1. The first-order chi connectivity index (χ1) is 13.1. The molecule has 2 aromatic rings. The van der Waals surface area contributed by atoms with Crippen molar-refractivity contribution in [2.75, 3.05) is 40.1 Å². The van der Waals surface area contributed by atoms with E-state index in [2.05, 4.69) is 26.9 Å². The minimum absolute atomic E-state index is 0.0566. The van der Waals surface area contributed by atoms with E-state index in [-0.39, 0.29) is 5.91 Å². The van der Waals surface area contributed by atoms with Crippen LogP contribution in [0, 0.1) is 0 Å². The van der Waals surface area contributed by atoms with E-state index in [1.807, 2.05) is 35.2 Å². The standard InChI is InChI=1S/C20H21BrN2O4/c1-25-17-5-3-15(11-16(17)21)20(24)23-8-6-22(7-9-23)12-14-2-4-18-19(10-14)27-13-26-18/h2-5,10-11H,6-9,12-13H2,1H3. The van der Waals surface area contributed by atoms with Crippen LogP contribution in [0.5, 0.6) is 17.2 Å². The molecule has 1 fully saturated rings. The molecule has 7 heteroatoms. The van der Waals surface area contributed by atoms with Crippen molar-refractivity contribution in [3.63, 3.8) is 0 Å². The van der Waals surface area contributed by atoms with Crippen LogP contribution in [0.4, 0.5) is 0 Å². The number of nitrogens with zero attached hydrogens (tertiary/aromatic N) is 2. The van der Waals surface area contributed by atoms with Gasteiger partial charge in [-0.15, -0.1) is 0 Å². The number of piperazine rings is 1. The van der Waals surface area contributed by atoms with Crippen LogP contribution in [0.2, 0.25) is 0 Å². The Balaban J connectivity index is 1.34. The average molecular weight is 433 g/mol. The molecule has 27 heavy (non-hydrogen) atoms. The quantitative estimate of drug-likeness (QED) is 0.742. The second kappa shape index (κ2) is 7.78. The van der Waals surface area contributed by atoms with Crippen molar-refractivity contribution in [3.8, 4) is 17.2 Å². The van der Waals surface area contributed by atoms with Crippen molar-refractivity contribution >= 4 is 21.8 Å². The summed E-state index contributed by atoms with van der Waals surface area (Å²) in [7, 11) is 1.61. The molecule has 0 N–H and O–H groups in total. The van der Waals surface area contributed by atoms with Crippen LogP contribution < -0.4 is 14.2 Å². The molecule has 2 aromatic carbocycles. The summed E-state index contributed by atoms with van der Waals surface area (Å²) in [6, 6.07) is 11.5. The van der Waals surface area contributed by atoms with Gasteiger partial charge in [0.2, 0.25) is 6.79 Å². The van der Waals surface area contributed by atoms with E-state index >= 15 is 0 Å². The largest absolute Gasteiger partial charge is 0.496 e. The smallest absolute Gasteiger partial charge is 0.253 e. The third kappa shape index (κ3) is 3.89. The molecule has 1 saturated heterocycles. The van der Waals surface area contributed by atoms with Crippen LogP contribution in [0.1, 0.15) is 15.9 Å². The van der Waals surface area contributed by atoms with Crippen LogP contribution in [-0.2, 0) is 6.54 Å². The van der Waals surface area contributed by atoms with E-state index in [9.17, 15) is 4.79 Å². The Morgan fingerprint density at radius 2 is 1.85 bits per heavy atom. The molecule has 0 unspecified atom stereocenters. The Morgan fingerprint density at radius 3 is 2.59 bits per heavy atom. The highest BCUT2D eigenvalue weighted by atomic mass is 79.9. The first-order valence-corrected chi connectivity index (χ1v) is 9.67. The highest BCUT2D eigenvalue weighted by Gasteiger charge is 2.23. The number of hydrogen-bond donors (Lipinski definition) is 0. The zero-order chi connectivity index (χ0) is 18.8. The summed E-state index contributed by atoms with van der Waals surface area (Å²) in [5.74, 6) is 2.40. The van der Waals surface area contributed by atoms with Gasteiger partial charge in [-0.2, -0.15) is 0 Å². The topological polar surface area (TPSA) is 51.2 Å². The van der Waals surface area contributed by atoms with Gasteiger partial charge in [0.1, 0.15) is 5.75 Å². The molecule has 142 valence electrons. The van der Waals surface area contributed by atoms with Crippen molar-refractivity contribution in [2.24, 2.45) is 0 Å². The summed E-state index contributed by atoms with van der Waals surface area (Å²) in [5.41, 5.74) is 1.87. The summed E-state index contributed by atoms with van der Waals surface area (Å²) < 4.78 is 16.8. The van der Waals surface area contributed by atoms with E-state index in [0.717, 1.165) is 41.4 Å². The lowest BCUT2D eigenvalue weighted by atomic mass is 10.1. The molecule has 0 saturated carbocycles. The van der Waals surface area contributed by atoms with E-state index in [4.69, 9.17) is 14.2 Å². The SMILES string of the molecule is COc1ccc(C(=O)N2CCN(Cc3ccc4c(c3)OCO4)CC2)cc1Br. The van der Waals surface area contributed by atoms with E-state index in [1.165, 1.54) is 5.56 Å². The second-order valence-corrected chi connectivity index (χ2v) is 7.46. The number of halogens is 1. The Labute approximate surface area is 166 Å². The average Bonchev–Trinajstić information content (AvgIpc) is 3.16. The molecule has 0 aromatic heterocycles. The molecule has 1 amide bonds. The highest BCUT2D eigenvalue weighted by molar-refractivity contribution is 9.10. The van der Waals surface area contributed by atoms with Gasteiger partial charge in [-0.05, 0) is 51.8 Å². The first-order valence-electron chi connectivity index (χ1n) is 8.88. The Hall–Kier alpha value is -2.25. The number of ether oxygens (including phenoxy) is 3. The van der Waals surface area contributed by atoms with Crippen LogP contribution in [0.15, 0.2) is 40.9 Å². The predicted molar refractivity (Wildman–Crippen MR) is 104 cm³/mol. The second-order valence-electron chi connectivity index (χ2n) is 6.61. The third-order valence-corrected chi connectivity index (χ3v) is 5.52. The van der Waals surface area contributed by atoms with Gasteiger partial charge in [0.15, 0.2) is 11.5 Å². The van der Waals surface area contributed by atoms with Crippen LogP contribution in [-0.4, -0.2) is 55.8 Å². The summed E-state index contributed by atoms with van der Waals surface area (Å²) in [6.07, 6.45) is 0. The Morgan fingerprint density at radius 1 is 1.07 bits per heavy atom. The predicted octanol–water partition coefficient (Wildman–Crippen LogP) is 3.14. The lowest BCUT2D eigenvalue weighted by Gasteiger charge is -2.34. The Kier molecular flexibility index (Phi) is 5.22. The fourth-order valence-electron chi connectivity index (χ4n) is 3.39. The fourth-order valence-corrected chi connectivity index (χ4v) is 3.93. The van der Waals surface area contributed by atoms with Crippen LogP contribution >= 0.6 is 15.9 Å². The highest BCUT2D eigenvalue weighted by Crippen LogP contribution is 2.33. The number of methoxy groups -OCH3 is 1. The van der Waals surface area contributed by atoms with E-state index in [1.54, 1.807) is 7.11 Å². The summed E-state index contributed by atoms with van der Waals surface area (Å²) in [4.78, 5) is 17.0. The van der Waals surface area contributed by atoms with Gasteiger partial charge in [0, 0.05) is 38.3 Å². The van der Waals surface area contributed by atoms with Crippen molar-refractivity contribution in [2.45, 2.75) is 6.54 Å². The zero-order valence-electron chi connectivity index (χ0n) is 15.1. The summed E-state index contributed by atoms with van der Waals surface area (Å²) in [5, 5.41) is 0. The van der Waals surface area contributed by atoms with Crippen molar-refractivity contribution in [3.05, 3.63) is 52.0 Å². The summed E-state index contributed by atoms with van der Waals surface area (Å²) in [6.45, 7) is 4.25. The van der Waals surface area contributed by atoms with Crippen molar-refractivity contribution in [1.82, 2.24) is 9.80 Å².